The molecule has 0 unspecified atom stereocenters. The Hall–Kier alpha value is -0.770. The normalized spacial score (nSPS) is 9.92. The molecule has 0 radical (unpaired) electrons. The van der Waals surface area contributed by atoms with Crippen LogP contribution in [0.3, 0.4) is 0 Å². The molecular formula is C9H20N2O2. The largest absolute Gasteiger partial charge is 0.396 e. The Labute approximate surface area is 79.5 Å². The molecule has 0 bridgehead atoms. The summed E-state index contributed by atoms with van der Waals surface area (Å²) < 4.78 is 0. The van der Waals surface area contributed by atoms with Crippen molar-refractivity contribution in [1.82, 2.24) is 5.32 Å². The molecule has 0 fully saturated rings. The first kappa shape index (κ1) is 12.2. The van der Waals surface area contributed by atoms with Crippen molar-refractivity contribution in [2.75, 3.05) is 13.2 Å². The average Bonchev–Trinajstić information content (AvgIpc) is 2.09. The van der Waals surface area contributed by atoms with Crippen LogP contribution in [0.15, 0.2) is 0 Å². The van der Waals surface area contributed by atoms with Crippen LogP contribution in [0.5, 0.6) is 0 Å². The first-order valence-corrected chi connectivity index (χ1v) is 4.91. The molecule has 0 aliphatic heterocycles. The van der Waals surface area contributed by atoms with Crippen molar-refractivity contribution in [2.24, 2.45) is 5.73 Å². The standard InChI is InChI=1S/C9H20N2O2/c10-9(13)11-7-5-3-1-2-4-6-8-12/h12H,1-8H2,(H3,10,11,13). The predicted octanol–water partition coefficient (Wildman–Crippen LogP) is 0.988. The van der Waals surface area contributed by atoms with Crippen molar-refractivity contribution in [3.8, 4) is 0 Å². The molecule has 4 nitrogen and oxygen atoms in total. The first-order chi connectivity index (χ1) is 6.27. The van der Waals surface area contributed by atoms with Gasteiger partial charge >= 0.3 is 6.03 Å². The molecule has 0 aliphatic rings. The molecule has 4 heteroatoms. The number of primary amides is 1. The fourth-order valence-corrected chi connectivity index (χ4v) is 1.16. The fourth-order valence-electron chi connectivity index (χ4n) is 1.16. The Morgan fingerprint density at radius 1 is 1.08 bits per heavy atom. The lowest BCUT2D eigenvalue weighted by atomic mass is 10.1. The highest BCUT2D eigenvalue weighted by Gasteiger charge is 1.92. The van der Waals surface area contributed by atoms with E-state index in [4.69, 9.17) is 10.8 Å². The van der Waals surface area contributed by atoms with E-state index in [0.29, 0.717) is 13.2 Å². The van der Waals surface area contributed by atoms with E-state index in [2.05, 4.69) is 5.32 Å². The minimum Gasteiger partial charge on any atom is -0.396 e. The van der Waals surface area contributed by atoms with Crippen LogP contribution in [-0.4, -0.2) is 24.3 Å². The van der Waals surface area contributed by atoms with E-state index >= 15 is 0 Å². The van der Waals surface area contributed by atoms with Gasteiger partial charge in [-0.2, -0.15) is 0 Å². The zero-order chi connectivity index (χ0) is 9.94. The van der Waals surface area contributed by atoms with Gasteiger partial charge in [-0.25, -0.2) is 4.79 Å². The quantitative estimate of drug-likeness (QED) is 0.497. The van der Waals surface area contributed by atoms with Gasteiger partial charge in [0.05, 0.1) is 0 Å². The van der Waals surface area contributed by atoms with Crippen LogP contribution in [0.2, 0.25) is 0 Å². The monoisotopic (exact) mass is 188 g/mol. The zero-order valence-corrected chi connectivity index (χ0v) is 8.09. The Morgan fingerprint density at radius 3 is 2.15 bits per heavy atom. The van der Waals surface area contributed by atoms with Crippen LogP contribution in [0, 0.1) is 0 Å². The highest BCUT2D eigenvalue weighted by atomic mass is 16.2. The number of urea groups is 1. The van der Waals surface area contributed by atoms with E-state index in [1.165, 1.54) is 6.42 Å². The number of aliphatic hydroxyl groups is 1. The summed E-state index contributed by atoms with van der Waals surface area (Å²) in [6.45, 7) is 0.971. The lowest BCUT2D eigenvalue weighted by Crippen LogP contribution is -2.29. The summed E-state index contributed by atoms with van der Waals surface area (Å²) in [5, 5.41) is 11.1. The summed E-state index contributed by atoms with van der Waals surface area (Å²) in [6, 6.07) is -0.444. The van der Waals surface area contributed by atoms with Crippen molar-refractivity contribution in [2.45, 2.75) is 38.5 Å². The SMILES string of the molecule is NC(=O)NCCCCCCCCO. The van der Waals surface area contributed by atoms with Gasteiger partial charge in [-0.3, -0.25) is 0 Å². The van der Waals surface area contributed by atoms with E-state index in [1.54, 1.807) is 0 Å². The van der Waals surface area contributed by atoms with Gasteiger partial charge in [0, 0.05) is 13.2 Å². The molecule has 0 aromatic heterocycles. The van der Waals surface area contributed by atoms with Crippen molar-refractivity contribution in [1.29, 1.82) is 0 Å². The van der Waals surface area contributed by atoms with Crippen molar-refractivity contribution >= 4 is 6.03 Å². The van der Waals surface area contributed by atoms with Gasteiger partial charge in [0.1, 0.15) is 0 Å². The molecule has 0 saturated carbocycles. The Morgan fingerprint density at radius 2 is 1.62 bits per heavy atom. The van der Waals surface area contributed by atoms with Crippen molar-refractivity contribution < 1.29 is 9.90 Å². The summed E-state index contributed by atoms with van der Waals surface area (Å²) in [5.41, 5.74) is 4.90. The van der Waals surface area contributed by atoms with Gasteiger partial charge in [0.2, 0.25) is 0 Å². The van der Waals surface area contributed by atoms with Gasteiger partial charge in [-0.1, -0.05) is 25.7 Å². The number of amides is 2. The highest BCUT2D eigenvalue weighted by molar-refractivity contribution is 5.71. The first-order valence-electron chi connectivity index (χ1n) is 4.91. The number of hydrogen-bond acceptors (Lipinski definition) is 2. The fraction of sp³-hybridized carbons (Fsp3) is 0.889. The molecule has 0 rings (SSSR count). The summed E-state index contributed by atoms with van der Waals surface area (Å²) in [7, 11) is 0. The minimum atomic E-state index is -0.444. The molecular weight excluding hydrogens is 168 g/mol. The molecule has 0 aromatic rings. The van der Waals surface area contributed by atoms with E-state index in [-0.39, 0.29) is 0 Å². The molecule has 13 heavy (non-hydrogen) atoms. The maximum Gasteiger partial charge on any atom is 0.312 e. The number of hydrogen-bond donors (Lipinski definition) is 3. The third kappa shape index (κ3) is 11.2. The number of nitrogens with one attached hydrogen (secondary N) is 1. The third-order valence-electron chi connectivity index (χ3n) is 1.88. The van der Waals surface area contributed by atoms with E-state index in [9.17, 15) is 4.79 Å². The molecule has 78 valence electrons. The number of aliphatic hydroxyl groups excluding tert-OH is 1. The molecule has 0 heterocycles. The second kappa shape index (κ2) is 9.32. The van der Waals surface area contributed by atoms with Crippen molar-refractivity contribution in [3.63, 3.8) is 0 Å². The van der Waals surface area contributed by atoms with Crippen LogP contribution < -0.4 is 11.1 Å². The second-order valence-corrected chi connectivity index (χ2v) is 3.14. The summed E-state index contributed by atoms with van der Waals surface area (Å²) in [4.78, 5) is 10.3. The predicted molar refractivity (Wildman–Crippen MR) is 52.4 cm³/mol. The molecule has 0 aromatic carbocycles. The summed E-state index contributed by atoms with van der Waals surface area (Å²) >= 11 is 0. The van der Waals surface area contributed by atoms with E-state index in [0.717, 1.165) is 32.1 Å². The third-order valence-corrected chi connectivity index (χ3v) is 1.88. The maximum atomic E-state index is 10.3. The smallest absolute Gasteiger partial charge is 0.312 e. The lowest BCUT2D eigenvalue weighted by molar-refractivity contribution is 0.248. The number of carbonyl (C=O) groups is 1. The second-order valence-electron chi connectivity index (χ2n) is 3.14. The molecule has 0 spiro atoms. The molecule has 4 N–H and O–H groups in total. The van der Waals surface area contributed by atoms with E-state index in [1.807, 2.05) is 0 Å². The highest BCUT2D eigenvalue weighted by Crippen LogP contribution is 2.03. The van der Waals surface area contributed by atoms with Crippen LogP contribution in [0.4, 0.5) is 4.79 Å². The summed E-state index contributed by atoms with van der Waals surface area (Å²) in [6.07, 6.45) is 6.44. The number of rotatable bonds is 8. The molecule has 2 amide bonds. The number of nitrogens with two attached hydrogens (primary N) is 1. The maximum absolute atomic E-state index is 10.3. The molecule has 0 aliphatic carbocycles. The van der Waals surface area contributed by atoms with Crippen LogP contribution in [0.25, 0.3) is 0 Å². The van der Waals surface area contributed by atoms with Gasteiger partial charge in [0.15, 0.2) is 0 Å². The minimum absolute atomic E-state index is 0.295. The Balaban J connectivity index is 2.87. The van der Waals surface area contributed by atoms with Crippen LogP contribution in [0.1, 0.15) is 38.5 Å². The lowest BCUT2D eigenvalue weighted by Gasteiger charge is -2.01. The van der Waals surface area contributed by atoms with Gasteiger partial charge in [-0.15, -0.1) is 0 Å². The van der Waals surface area contributed by atoms with Crippen LogP contribution in [-0.2, 0) is 0 Å². The topological polar surface area (TPSA) is 75.4 Å². The number of carbonyl (C=O) groups excluding carboxylic acids is 1. The molecule has 0 saturated heterocycles. The zero-order valence-electron chi connectivity index (χ0n) is 8.09. The van der Waals surface area contributed by atoms with Crippen molar-refractivity contribution in [3.05, 3.63) is 0 Å². The Kier molecular flexibility index (Phi) is 8.77. The van der Waals surface area contributed by atoms with Gasteiger partial charge in [0.25, 0.3) is 0 Å². The Bertz CT molecular complexity index is 129. The van der Waals surface area contributed by atoms with E-state index < -0.39 is 6.03 Å². The molecule has 0 atom stereocenters. The van der Waals surface area contributed by atoms with Gasteiger partial charge < -0.3 is 16.2 Å². The number of unbranched alkanes of at least 4 members (excludes halogenated alkanes) is 5. The average molecular weight is 188 g/mol. The van der Waals surface area contributed by atoms with Gasteiger partial charge in [-0.05, 0) is 12.8 Å². The summed E-state index contributed by atoms with van der Waals surface area (Å²) in [5.74, 6) is 0. The van der Waals surface area contributed by atoms with Crippen LogP contribution >= 0.6 is 0 Å².